The monoisotopic (exact) mass is 607 g/mol. The van der Waals surface area contributed by atoms with Crippen molar-refractivity contribution in [2.24, 2.45) is 0 Å². The lowest BCUT2D eigenvalue weighted by Gasteiger charge is -2.19. The molecule has 2 aromatic rings. The molecule has 0 fully saturated rings. The second kappa shape index (κ2) is 22.0. The lowest BCUT2D eigenvalue weighted by molar-refractivity contribution is -0.0211. The number of benzene rings is 2. The number of nitrogens with zero attached hydrogens (tertiary/aromatic N) is 1. The van der Waals surface area contributed by atoms with Gasteiger partial charge in [0, 0.05) is 19.5 Å². The fourth-order valence-electron chi connectivity index (χ4n) is 4.47. The Balaban J connectivity index is 1.08. The average molecular weight is 608 g/mol. The first-order chi connectivity index (χ1) is 21.2. The Morgan fingerprint density at radius 3 is 1.40 bits per heavy atom. The Morgan fingerprint density at radius 2 is 0.977 bits per heavy atom. The van der Waals surface area contributed by atoms with Gasteiger partial charge in [0.1, 0.15) is 13.3 Å². The zero-order chi connectivity index (χ0) is 30.4. The first-order valence-corrected chi connectivity index (χ1v) is 14.9. The number of likely N-dealkylation sites (N-methyl/N-ethyl adjacent to an activating group) is 1. The zero-order valence-corrected chi connectivity index (χ0v) is 25.2. The molecule has 0 N–H and O–H groups in total. The van der Waals surface area contributed by atoms with E-state index >= 15 is 0 Å². The van der Waals surface area contributed by atoms with Crippen LogP contribution >= 0.6 is 0 Å². The van der Waals surface area contributed by atoms with Crippen LogP contribution in [0.2, 0.25) is 0 Å². The zero-order valence-electron chi connectivity index (χ0n) is 25.2. The van der Waals surface area contributed by atoms with Crippen molar-refractivity contribution in [2.45, 2.75) is 5.92 Å². The summed E-state index contributed by atoms with van der Waals surface area (Å²) in [7, 11) is 1.71. The fraction of sp³-hybridized carbons (Fsp3) is 0.594. The largest absolute Gasteiger partial charge is 0.448 e. The molecule has 0 unspecified atom stereocenters. The minimum absolute atomic E-state index is 0.0404. The second-order valence-electron chi connectivity index (χ2n) is 9.70. The fourth-order valence-corrected chi connectivity index (χ4v) is 4.47. The Bertz CT molecular complexity index is 982. The Morgan fingerprint density at radius 1 is 0.605 bits per heavy atom. The van der Waals surface area contributed by atoms with Crippen molar-refractivity contribution in [3.63, 3.8) is 0 Å². The number of amides is 1. The summed E-state index contributed by atoms with van der Waals surface area (Å²) < 4.78 is 55.1. The highest BCUT2D eigenvalue weighted by Gasteiger charge is 2.29. The van der Waals surface area contributed by atoms with E-state index in [2.05, 4.69) is 24.3 Å². The van der Waals surface area contributed by atoms with E-state index in [0.29, 0.717) is 99.0 Å². The van der Waals surface area contributed by atoms with Gasteiger partial charge in [0.15, 0.2) is 0 Å². The highest BCUT2D eigenvalue weighted by molar-refractivity contribution is 5.79. The van der Waals surface area contributed by atoms with Crippen molar-refractivity contribution in [2.75, 3.05) is 119 Å². The molecule has 0 saturated carbocycles. The van der Waals surface area contributed by atoms with Crippen molar-refractivity contribution in [3.05, 3.63) is 59.7 Å². The number of alkyl halides is 1. The average Bonchev–Trinajstić information content (AvgIpc) is 3.35. The smallest absolute Gasteiger partial charge is 0.409 e. The predicted molar refractivity (Wildman–Crippen MR) is 159 cm³/mol. The van der Waals surface area contributed by atoms with Gasteiger partial charge < -0.3 is 42.8 Å². The van der Waals surface area contributed by atoms with Crippen LogP contribution in [-0.4, -0.2) is 130 Å². The van der Waals surface area contributed by atoms with Gasteiger partial charge in [-0.25, -0.2) is 9.18 Å². The molecule has 1 aliphatic carbocycles. The number of hydrogen-bond donors (Lipinski definition) is 0. The number of fused-ring (bicyclic) bond motifs is 3. The maximum atomic E-state index is 12.5. The molecule has 2 aromatic carbocycles. The summed E-state index contributed by atoms with van der Waals surface area (Å²) in [6.07, 6.45) is -0.366. The molecule has 0 saturated heterocycles. The SMILES string of the molecule is CN(CCOCCOCCOCCOCCOCCOCCOCCF)C(=O)OCC1c2ccccc2-c2ccccc21. The maximum Gasteiger partial charge on any atom is 0.409 e. The first kappa shape index (κ1) is 34.8. The summed E-state index contributed by atoms with van der Waals surface area (Å²) in [5.74, 6) is 0.0404. The summed E-state index contributed by atoms with van der Waals surface area (Å²) in [4.78, 5) is 14.1. The molecule has 0 aliphatic heterocycles. The van der Waals surface area contributed by atoms with Gasteiger partial charge >= 0.3 is 6.09 Å². The van der Waals surface area contributed by atoms with Crippen LogP contribution < -0.4 is 0 Å². The van der Waals surface area contributed by atoms with Crippen LogP contribution in [0.5, 0.6) is 0 Å². The molecule has 0 heterocycles. The van der Waals surface area contributed by atoms with Crippen molar-refractivity contribution >= 4 is 6.09 Å². The second-order valence-corrected chi connectivity index (χ2v) is 9.70. The van der Waals surface area contributed by atoms with Crippen molar-refractivity contribution in [1.29, 1.82) is 0 Å². The summed E-state index contributed by atoms with van der Waals surface area (Å²) in [6.45, 7) is 6.22. The van der Waals surface area contributed by atoms with E-state index in [4.69, 9.17) is 37.9 Å². The van der Waals surface area contributed by atoms with Crippen LogP contribution in [0.25, 0.3) is 11.1 Å². The molecule has 0 atom stereocenters. The summed E-state index contributed by atoms with van der Waals surface area (Å²) >= 11 is 0. The molecule has 0 spiro atoms. The molecule has 43 heavy (non-hydrogen) atoms. The van der Waals surface area contributed by atoms with Gasteiger partial charge in [-0.15, -0.1) is 0 Å². The van der Waals surface area contributed by atoms with Gasteiger partial charge in [0.25, 0.3) is 0 Å². The molecule has 1 aliphatic rings. The summed E-state index contributed by atoms with van der Waals surface area (Å²) in [6, 6.07) is 16.6. The normalized spacial score (nSPS) is 12.3. The van der Waals surface area contributed by atoms with Gasteiger partial charge in [-0.2, -0.15) is 0 Å². The van der Waals surface area contributed by atoms with Crippen LogP contribution in [0.3, 0.4) is 0 Å². The molecule has 0 bridgehead atoms. The molecular weight excluding hydrogens is 561 g/mol. The van der Waals surface area contributed by atoms with Crippen molar-refractivity contribution in [1.82, 2.24) is 4.90 Å². The van der Waals surface area contributed by atoms with Crippen molar-refractivity contribution < 1.29 is 47.1 Å². The first-order valence-electron chi connectivity index (χ1n) is 14.9. The predicted octanol–water partition coefficient (Wildman–Crippen LogP) is 3.95. The van der Waals surface area contributed by atoms with Crippen LogP contribution in [0.15, 0.2) is 48.5 Å². The summed E-state index contributed by atoms with van der Waals surface area (Å²) in [5, 5.41) is 0. The van der Waals surface area contributed by atoms with E-state index in [-0.39, 0.29) is 18.6 Å². The number of carbonyl (C=O) groups excluding carboxylic acids is 1. The van der Waals surface area contributed by atoms with Gasteiger partial charge in [-0.3, -0.25) is 0 Å². The minimum atomic E-state index is -0.479. The van der Waals surface area contributed by atoms with Gasteiger partial charge in [-0.1, -0.05) is 48.5 Å². The number of carbonyl (C=O) groups is 1. The third kappa shape index (κ3) is 13.3. The molecule has 240 valence electrons. The molecule has 1 amide bonds. The van der Waals surface area contributed by atoms with E-state index in [1.54, 1.807) is 7.05 Å². The maximum absolute atomic E-state index is 12.5. The van der Waals surface area contributed by atoms with E-state index in [0.717, 1.165) is 0 Å². The molecule has 10 nitrogen and oxygen atoms in total. The van der Waals surface area contributed by atoms with Crippen LogP contribution in [0.4, 0.5) is 9.18 Å². The highest BCUT2D eigenvalue weighted by Crippen LogP contribution is 2.44. The summed E-state index contributed by atoms with van der Waals surface area (Å²) in [5.41, 5.74) is 4.79. The third-order valence-corrected chi connectivity index (χ3v) is 6.67. The van der Waals surface area contributed by atoms with E-state index in [9.17, 15) is 9.18 Å². The quantitative estimate of drug-likeness (QED) is 0.156. The lowest BCUT2D eigenvalue weighted by atomic mass is 9.98. The van der Waals surface area contributed by atoms with E-state index in [1.165, 1.54) is 27.2 Å². The van der Waals surface area contributed by atoms with Gasteiger partial charge in [0.05, 0.1) is 92.5 Å². The Labute approximate surface area is 254 Å². The standard InChI is InChI=1S/C32H46FNO9/c1-34(32(35)43-26-31-29-8-4-2-6-27(29)28-7-3-5-9-30(28)31)11-13-37-15-17-39-19-21-41-23-25-42-24-22-40-20-18-38-16-14-36-12-10-33/h2-9,31H,10-26H2,1H3. The molecule has 3 rings (SSSR count). The lowest BCUT2D eigenvalue weighted by Crippen LogP contribution is -2.32. The number of rotatable bonds is 25. The van der Waals surface area contributed by atoms with Crippen LogP contribution in [0, 0.1) is 0 Å². The number of hydrogen-bond acceptors (Lipinski definition) is 9. The number of halogens is 1. The van der Waals surface area contributed by atoms with Crippen LogP contribution in [0.1, 0.15) is 17.0 Å². The minimum Gasteiger partial charge on any atom is -0.448 e. The molecular formula is C32H46FNO9. The van der Waals surface area contributed by atoms with Crippen molar-refractivity contribution in [3.8, 4) is 11.1 Å². The molecule has 11 heteroatoms. The van der Waals surface area contributed by atoms with E-state index < -0.39 is 6.67 Å². The van der Waals surface area contributed by atoms with Gasteiger partial charge in [0.2, 0.25) is 0 Å². The topological polar surface area (TPSA) is 94.2 Å². The number of ether oxygens (including phenoxy) is 8. The van der Waals surface area contributed by atoms with Gasteiger partial charge in [-0.05, 0) is 22.3 Å². The molecule has 0 radical (unpaired) electrons. The highest BCUT2D eigenvalue weighted by atomic mass is 19.1. The van der Waals surface area contributed by atoms with Crippen LogP contribution in [-0.2, 0) is 37.9 Å². The Hall–Kier alpha value is -2.64. The van der Waals surface area contributed by atoms with E-state index in [1.807, 2.05) is 24.3 Å². The molecule has 0 aromatic heterocycles. The third-order valence-electron chi connectivity index (χ3n) is 6.67. The Kier molecular flexibility index (Phi) is 17.8.